The summed E-state index contributed by atoms with van der Waals surface area (Å²) in [7, 11) is 0. The maximum atomic E-state index is 12.9. The van der Waals surface area contributed by atoms with Gasteiger partial charge in [-0.05, 0) is 18.2 Å². The molecule has 0 aromatic rings. The van der Waals surface area contributed by atoms with Gasteiger partial charge in [-0.2, -0.15) is 0 Å². The Bertz CT molecular complexity index is 471. The van der Waals surface area contributed by atoms with E-state index in [0.29, 0.717) is 5.71 Å². The van der Waals surface area contributed by atoms with Gasteiger partial charge in [0.05, 0.1) is 5.71 Å². The van der Waals surface area contributed by atoms with Crippen molar-refractivity contribution < 1.29 is 19.1 Å². The number of carbonyl (C=O) groups is 2. The summed E-state index contributed by atoms with van der Waals surface area (Å²) in [6, 6.07) is 0. The first kappa shape index (κ1) is 9.51. The summed E-state index contributed by atoms with van der Waals surface area (Å²) in [5.41, 5.74) is -0.115. The third-order valence-corrected chi connectivity index (χ3v) is 2.09. The maximum Gasteiger partial charge on any atom is 0.341 e. The van der Waals surface area contributed by atoms with E-state index in [2.05, 4.69) is 4.99 Å². The van der Waals surface area contributed by atoms with E-state index in [1.165, 1.54) is 12.2 Å². The van der Waals surface area contributed by atoms with Gasteiger partial charge in [0.15, 0.2) is 0 Å². The quantitative estimate of drug-likeness (QED) is 0.647. The number of hydrogen-bond donors (Lipinski definition) is 1. The van der Waals surface area contributed by atoms with Gasteiger partial charge in [0.2, 0.25) is 5.78 Å². The number of carbonyl (C=O) groups excluding carboxylic acids is 1. The minimum absolute atomic E-state index is 0.0184. The number of fused-ring (bicyclic) bond motifs is 1. The molecule has 2 rings (SSSR count). The van der Waals surface area contributed by atoms with Crippen LogP contribution in [0.5, 0.6) is 0 Å². The average Bonchev–Trinajstić information content (AvgIpc) is 2.19. The number of alkyl halides is 1. The first-order chi connectivity index (χ1) is 7.09. The van der Waals surface area contributed by atoms with Crippen molar-refractivity contribution in [2.24, 2.45) is 4.99 Å². The molecule has 0 saturated heterocycles. The zero-order valence-electron chi connectivity index (χ0n) is 7.48. The zero-order valence-corrected chi connectivity index (χ0v) is 7.48. The number of nitrogens with zero attached hydrogens (tertiary/aromatic N) is 1. The lowest BCUT2D eigenvalue weighted by Crippen LogP contribution is -2.24. The summed E-state index contributed by atoms with van der Waals surface area (Å²) in [6.07, 6.45) is 3.30. The van der Waals surface area contributed by atoms with Crippen LogP contribution < -0.4 is 0 Å². The Kier molecular flexibility index (Phi) is 2.07. The van der Waals surface area contributed by atoms with Crippen LogP contribution in [0.2, 0.25) is 0 Å². The van der Waals surface area contributed by atoms with Crippen LogP contribution in [0, 0.1) is 0 Å². The molecule has 0 aromatic carbocycles. The standard InChI is InChI=1S/C10H6FNO3/c11-5-1-2-8-6(3-5)9(13)7(4-12-8)10(14)15/h1-5H,(H,14,15). The molecule has 0 bridgehead atoms. The van der Waals surface area contributed by atoms with E-state index < -0.39 is 23.5 Å². The van der Waals surface area contributed by atoms with Gasteiger partial charge in [0.25, 0.3) is 0 Å². The van der Waals surface area contributed by atoms with Gasteiger partial charge in [-0.15, -0.1) is 0 Å². The Balaban J connectivity index is 2.48. The van der Waals surface area contributed by atoms with Crippen molar-refractivity contribution in [2.45, 2.75) is 6.17 Å². The fourth-order valence-electron chi connectivity index (χ4n) is 1.37. The van der Waals surface area contributed by atoms with E-state index in [9.17, 15) is 14.0 Å². The molecule has 1 atom stereocenters. The first-order valence-corrected chi connectivity index (χ1v) is 4.20. The number of carboxylic acid groups (broad SMARTS) is 1. The molecule has 1 aliphatic heterocycles. The van der Waals surface area contributed by atoms with Crippen molar-refractivity contribution >= 4 is 17.5 Å². The zero-order chi connectivity index (χ0) is 11.0. The molecule has 1 aliphatic carbocycles. The molecule has 0 radical (unpaired) electrons. The lowest BCUT2D eigenvalue weighted by Gasteiger charge is -2.15. The minimum Gasteiger partial charge on any atom is -0.477 e. The lowest BCUT2D eigenvalue weighted by atomic mass is 9.93. The normalized spacial score (nSPS) is 23.9. The highest BCUT2D eigenvalue weighted by atomic mass is 19.1. The SMILES string of the molecule is O=C(O)C1=CN=C2C=CC(F)C=C2C1=O. The molecular weight excluding hydrogens is 201 g/mol. The summed E-state index contributed by atoms with van der Waals surface area (Å²) in [4.78, 5) is 25.9. The second-order valence-corrected chi connectivity index (χ2v) is 3.08. The highest BCUT2D eigenvalue weighted by Crippen LogP contribution is 2.20. The number of aliphatic carboxylic acids is 1. The van der Waals surface area contributed by atoms with Crippen molar-refractivity contribution in [3.8, 4) is 0 Å². The molecule has 0 amide bonds. The van der Waals surface area contributed by atoms with Crippen LogP contribution in [0.15, 0.2) is 40.6 Å². The molecule has 5 heteroatoms. The Morgan fingerprint density at radius 2 is 2.27 bits per heavy atom. The Hall–Kier alpha value is -2.04. The van der Waals surface area contributed by atoms with E-state index in [0.717, 1.165) is 12.3 Å². The number of rotatable bonds is 1. The van der Waals surface area contributed by atoms with E-state index in [-0.39, 0.29) is 5.57 Å². The van der Waals surface area contributed by atoms with Gasteiger partial charge >= 0.3 is 5.97 Å². The number of ketones is 1. The van der Waals surface area contributed by atoms with E-state index in [1.54, 1.807) is 0 Å². The van der Waals surface area contributed by atoms with Crippen LogP contribution in [-0.4, -0.2) is 28.7 Å². The Labute approximate surface area is 84.1 Å². The monoisotopic (exact) mass is 207 g/mol. The van der Waals surface area contributed by atoms with Crippen LogP contribution in [0.4, 0.5) is 4.39 Å². The molecule has 15 heavy (non-hydrogen) atoms. The van der Waals surface area contributed by atoms with Gasteiger partial charge in [-0.3, -0.25) is 9.79 Å². The van der Waals surface area contributed by atoms with Crippen LogP contribution >= 0.6 is 0 Å². The van der Waals surface area contributed by atoms with Crippen molar-refractivity contribution in [3.63, 3.8) is 0 Å². The van der Waals surface area contributed by atoms with E-state index >= 15 is 0 Å². The van der Waals surface area contributed by atoms with Crippen LogP contribution in [0.3, 0.4) is 0 Å². The van der Waals surface area contributed by atoms with E-state index in [4.69, 9.17) is 5.11 Å². The van der Waals surface area contributed by atoms with Crippen LogP contribution in [-0.2, 0) is 9.59 Å². The van der Waals surface area contributed by atoms with Crippen molar-refractivity contribution in [3.05, 3.63) is 35.6 Å². The molecule has 0 saturated carbocycles. The number of hydrogen-bond acceptors (Lipinski definition) is 3. The highest BCUT2D eigenvalue weighted by molar-refractivity contribution is 6.38. The molecule has 1 N–H and O–H groups in total. The molecule has 2 aliphatic rings. The molecular formula is C10H6FNO3. The largest absolute Gasteiger partial charge is 0.477 e. The second kappa shape index (κ2) is 3.27. The van der Waals surface area contributed by atoms with E-state index in [1.807, 2.05) is 0 Å². The number of Topliss-reactive ketones (excluding diaryl/α,β-unsaturated/α-hetero) is 1. The van der Waals surface area contributed by atoms with Crippen LogP contribution in [0.1, 0.15) is 0 Å². The molecule has 76 valence electrons. The number of carboxylic acids is 1. The maximum absolute atomic E-state index is 12.9. The van der Waals surface area contributed by atoms with Crippen molar-refractivity contribution in [1.82, 2.24) is 0 Å². The van der Waals surface area contributed by atoms with Gasteiger partial charge < -0.3 is 5.11 Å². The first-order valence-electron chi connectivity index (χ1n) is 4.20. The van der Waals surface area contributed by atoms with Gasteiger partial charge in [-0.25, -0.2) is 9.18 Å². The van der Waals surface area contributed by atoms with Crippen LogP contribution in [0.25, 0.3) is 0 Å². The molecule has 0 aromatic heterocycles. The Morgan fingerprint density at radius 3 is 2.93 bits per heavy atom. The van der Waals surface area contributed by atoms with Crippen molar-refractivity contribution in [1.29, 1.82) is 0 Å². The van der Waals surface area contributed by atoms with Gasteiger partial charge in [0, 0.05) is 11.8 Å². The summed E-state index contributed by atoms with van der Waals surface area (Å²) >= 11 is 0. The predicted molar refractivity (Wildman–Crippen MR) is 50.3 cm³/mol. The molecule has 0 fully saturated rings. The topological polar surface area (TPSA) is 66.7 Å². The second-order valence-electron chi connectivity index (χ2n) is 3.08. The summed E-state index contributed by atoms with van der Waals surface area (Å²) < 4.78 is 12.9. The fourth-order valence-corrected chi connectivity index (χ4v) is 1.37. The molecule has 1 unspecified atom stereocenters. The smallest absolute Gasteiger partial charge is 0.341 e. The number of allylic oxidation sites excluding steroid dienone is 4. The number of aliphatic imine (C=N–C) groups is 1. The fraction of sp³-hybridized carbons (Fsp3) is 0.100. The molecule has 4 nitrogen and oxygen atoms in total. The number of halogens is 1. The average molecular weight is 207 g/mol. The third-order valence-electron chi connectivity index (χ3n) is 2.09. The minimum atomic E-state index is -1.36. The molecule has 1 heterocycles. The Morgan fingerprint density at radius 1 is 1.53 bits per heavy atom. The molecule has 0 spiro atoms. The van der Waals surface area contributed by atoms with Crippen molar-refractivity contribution in [2.75, 3.05) is 0 Å². The third kappa shape index (κ3) is 1.52. The highest BCUT2D eigenvalue weighted by Gasteiger charge is 2.29. The van der Waals surface area contributed by atoms with Gasteiger partial charge in [0.1, 0.15) is 11.7 Å². The summed E-state index contributed by atoms with van der Waals surface area (Å²) in [6.45, 7) is 0. The lowest BCUT2D eigenvalue weighted by molar-refractivity contribution is -0.134. The van der Waals surface area contributed by atoms with Gasteiger partial charge in [-0.1, -0.05) is 0 Å². The summed E-state index contributed by atoms with van der Waals surface area (Å²) in [5, 5.41) is 8.67. The summed E-state index contributed by atoms with van der Waals surface area (Å²) in [5.74, 6) is -2.05. The predicted octanol–water partition coefficient (Wildman–Crippen LogP) is 0.813.